The van der Waals surface area contributed by atoms with Crippen LogP contribution in [0.5, 0.6) is 11.5 Å². The van der Waals surface area contributed by atoms with E-state index >= 15 is 0 Å². The summed E-state index contributed by atoms with van der Waals surface area (Å²) in [4.78, 5) is 14.4. The Morgan fingerprint density at radius 2 is 2.00 bits per heavy atom. The van der Waals surface area contributed by atoms with Gasteiger partial charge in [-0.15, -0.1) is 0 Å². The maximum Gasteiger partial charge on any atom is 0.242 e. The Hall–Kier alpha value is -1.62. The minimum absolute atomic E-state index is 0.111. The van der Waals surface area contributed by atoms with Crippen LogP contribution in [0.1, 0.15) is 32.6 Å². The highest BCUT2D eigenvalue weighted by molar-refractivity contribution is 6.33. The average Bonchev–Trinajstić information content (AvgIpc) is 2.77. The number of amides is 1. The molecule has 1 aromatic rings. The molecular formula is C17H23ClN2O3. The van der Waals surface area contributed by atoms with Gasteiger partial charge in [-0.05, 0) is 26.2 Å². The fourth-order valence-electron chi connectivity index (χ4n) is 3.06. The number of carbonyl (C=O) groups excluding carboxylic acids is 1. The maximum atomic E-state index is 12.4. The second-order valence-corrected chi connectivity index (χ2v) is 6.52. The lowest BCUT2D eigenvalue weighted by Gasteiger charge is -2.33. The summed E-state index contributed by atoms with van der Waals surface area (Å²) in [6.07, 6.45) is 4.21. The third-order valence-corrected chi connectivity index (χ3v) is 4.70. The molecule has 0 saturated carbocycles. The van der Waals surface area contributed by atoms with Crippen LogP contribution in [0.4, 0.5) is 5.69 Å². The van der Waals surface area contributed by atoms with Crippen molar-refractivity contribution in [1.29, 1.82) is 0 Å². The third kappa shape index (κ3) is 3.83. The molecule has 5 nitrogen and oxygen atoms in total. The van der Waals surface area contributed by atoms with Crippen LogP contribution in [-0.2, 0) is 4.79 Å². The van der Waals surface area contributed by atoms with E-state index in [1.807, 2.05) is 11.0 Å². The van der Waals surface area contributed by atoms with Crippen molar-refractivity contribution >= 4 is 23.2 Å². The number of rotatable bonds is 3. The number of nitrogens with one attached hydrogen (secondary N) is 1. The van der Waals surface area contributed by atoms with E-state index in [0.717, 1.165) is 25.8 Å². The molecule has 2 heterocycles. The largest absolute Gasteiger partial charge is 0.490 e. The summed E-state index contributed by atoms with van der Waals surface area (Å²) in [5.74, 6) is 1.45. The molecule has 0 aliphatic carbocycles. The van der Waals surface area contributed by atoms with Gasteiger partial charge in [0.15, 0.2) is 11.5 Å². The van der Waals surface area contributed by atoms with Gasteiger partial charge in [-0.2, -0.15) is 0 Å². The van der Waals surface area contributed by atoms with Gasteiger partial charge in [0.1, 0.15) is 0 Å². The van der Waals surface area contributed by atoms with Crippen LogP contribution in [0, 0.1) is 0 Å². The molecule has 6 heteroatoms. The number of benzene rings is 1. The zero-order valence-electron chi connectivity index (χ0n) is 13.4. The molecule has 23 heavy (non-hydrogen) atoms. The molecule has 1 atom stereocenters. The first kappa shape index (κ1) is 16.2. The number of anilines is 1. The summed E-state index contributed by atoms with van der Waals surface area (Å²) in [5.41, 5.74) is 0.703. The van der Waals surface area contributed by atoms with E-state index < -0.39 is 0 Å². The molecule has 1 aromatic carbocycles. The van der Waals surface area contributed by atoms with Gasteiger partial charge < -0.3 is 19.7 Å². The Bertz CT molecular complexity index is 579. The molecule has 126 valence electrons. The molecule has 0 aromatic heterocycles. The second-order valence-electron chi connectivity index (χ2n) is 6.11. The normalized spacial score (nSPS) is 20.8. The first-order valence-corrected chi connectivity index (χ1v) is 8.65. The van der Waals surface area contributed by atoms with Gasteiger partial charge in [-0.3, -0.25) is 4.79 Å². The first-order valence-electron chi connectivity index (χ1n) is 8.27. The number of likely N-dealkylation sites (tertiary alicyclic amines) is 1. The molecule has 1 N–H and O–H groups in total. The number of hydrogen-bond donors (Lipinski definition) is 1. The van der Waals surface area contributed by atoms with Crippen LogP contribution >= 0.6 is 11.6 Å². The van der Waals surface area contributed by atoms with Crippen LogP contribution in [0.15, 0.2) is 12.1 Å². The van der Waals surface area contributed by atoms with Gasteiger partial charge in [0.25, 0.3) is 0 Å². The zero-order valence-corrected chi connectivity index (χ0v) is 14.2. The maximum absolute atomic E-state index is 12.4. The van der Waals surface area contributed by atoms with Gasteiger partial charge in [0.2, 0.25) is 5.91 Å². The molecular weight excluding hydrogens is 316 g/mol. The highest BCUT2D eigenvalue weighted by atomic mass is 35.5. The van der Waals surface area contributed by atoms with Crippen LogP contribution in [-0.4, -0.2) is 43.2 Å². The minimum atomic E-state index is 0.111. The van der Waals surface area contributed by atoms with Crippen molar-refractivity contribution in [1.82, 2.24) is 4.90 Å². The summed E-state index contributed by atoms with van der Waals surface area (Å²) in [6.45, 7) is 4.44. The van der Waals surface area contributed by atoms with E-state index in [2.05, 4.69) is 12.2 Å². The van der Waals surface area contributed by atoms with Gasteiger partial charge >= 0.3 is 0 Å². The van der Waals surface area contributed by atoms with E-state index in [1.54, 1.807) is 6.07 Å². The number of fused-ring (bicyclic) bond motifs is 1. The Morgan fingerprint density at radius 3 is 2.74 bits per heavy atom. The van der Waals surface area contributed by atoms with Crippen molar-refractivity contribution in [2.24, 2.45) is 0 Å². The van der Waals surface area contributed by atoms with Crippen molar-refractivity contribution in [3.8, 4) is 11.5 Å². The van der Waals surface area contributed by atoms with Crippen LogP contribution in [0.3, 0.4) is 0 Å². The fourth-order valence-corrected chi connectivity index (χ4v) is 3.28. The Morgan fingerprint density at radius 1 is 1.26 bits per heavy atom. The molecule has 1 fully saturated rings. The van der Waals surface area contributed by atoms with Crippen molar-refractivity contribution in [2.75, 3.05) is 31.6 Å². The quantitative estimate of drug-likeness (QED) is 0.918. The van der Waals surface area contributed by atoms with Crippen LogP contribution < -0.4 is 14.8 Å². The number of nitrogens with zero attached hydrogens (tertiary/aromatic N) is 1. The van der Waals surface area contributed by atoms with Gasteiger partial charge in [0, 0.05) is 31.1 Å². The number of ether oxygens (including phenoxy) is 2. The van der Waals surface area contributed by atoms with Gasteiger partial charge in [-0.25, -0.2) is 0 Å². The predicted octanol–water partition coefficient (Wildman–Crippen LogP) is 3.31. The van der Waals surface area contributed by atoms with E-state index in [9.17, 15) is 4.79 Å². The molecule has 2 aliphatic heterocycles. The number of carbonyl (C=O) groups is 1. The first-order chi connectivity index (χ1) is 11.1. The SMILES string of the molecule is CC1CCCCN1C(=O)CNc1cc2c(cc1Cl)OCCCO2. The van der Waals surface area contributed by atoms with Crippen molar-refractivity contribution in [3.63, 3.8) is 0 Å². The molecule has 1 saturated heterocycles. The van der Waals surface area contributed by atoms with E-state index in [4.69, 9.17) is 21.1 Å². The molecule has 0 bridgehead atoms. The Kier molecular flexibility index (Phi) is 5.16. The predicted molar refractivity (Wildman–Crippen MR) is 90.6 cm³/mol. The Balaban J connectivity index is 1.65. The van der Waals surface area contributed by atoms with Crippen LogP contribution in [0.2, 0.25) is 5.02 Å². The van der Waals surface area contributed by atoms with E-state index in [1.165, 1.54) is 6.42 Å². The highest BCUT2D eigenvalue weighted by Crippen LogP contribution is 2.37. The second kappa shape index (κ2) is 7.30. The monoisotopic (exact) mass is 338 g/mol. The van der Waals surface area contributed by atoms with E-state index in [0.29, 0.717) is 41.5 Å². The standard InChI is InChI=1S/C17H23ClN2O3/c1-12-5-2-3-6-20(12)17(21)11-19-14-10-16-15(9-13(14)18)22-7-4-8-23-16/h9-10,12,19H,2-8,11H2,1H3. The summed E-state index contributed by atoms with van der Waals surface area (Å²) < 4.78 is 11.3. The number of halogens is 1. The zero-order chi connectivity index (χ0) is 16.2. The molecule has 1 amide bonds. The third-order valence-electron chi connectivity index (χ3n) is 4.39. The molecule has 1 unspecified atom stereocenters. The van der Waals surface area contributed by atoms with Crippen molar-refractivity contribution in [3.05, 3.63) is 17.2 Å². The van der Waals surface area contributed by atoms with Crippen LogP contribution in [0.25, 0.3) is 0 Å². The summed E-state index contributed by atoms with van der Waals surface area (Å²) >= 11 is 6.29. The highest BCUT2D eigenvalue weighted by Gasteiger charge is 2.23. The lowest BCUT2D eigenvalue weighted by atomic mass is 10.0. The van der Waals surface area contributed by atoms with Gasteiger partial charge in [0.05, 0.1) is 30.5 Å². The molecule has 3 rings (SSSR count). The molecule has 0 spiro atoms. The van der Waals surface area contributed by atoms with Gasteiger partial charge in [-0.1, -0.05) is 11.6 Å². The summed E-state index contributed by atoms with van der Waals surface area (Å²) in [6, 6.07) is 3.88. The fraction of sp³-hybridized carbons (Fsp3) is 0.588. The minimum Gasteiger partial charge on any atom is -0.490 e. The lowest BCUT2D eigenvalue weighted by molar-refractivity contribution is -0.132. The van der Waals surface area contributed by atoms with Crippen molar-refractivity contribution in [2.45, 2.75) is 38.6 Å². The Labute approximate surface area is 141 Å². The summed E-state index contributed by atoms with van der Waals surface area (Å²) in [7, 11) is 0. The lowest BCUT2D eigenvalue weighted by Crippen LogP contribution is -2.44. The smallest absolute Gasteiger partial charge is 0.242 e. The average molecular weight is 339 g/mol. The van der Waals surface area contributed by atoms with Crippen molar-refractivity contribution < 1.29 is 14.3 Å². The number of hydrogen-bond acceptors (Lipinski definition) is 4. The van der Waals surface area contributed by atoms with E-state index in [-0.39, 0.29) is 12.5 Å². The summed E-state index contributed by atoms with van der Waals surface area (Å²) in [5, 5.41) is 3.68. The molecule has 0 radical (unpaired) electrons. The number of piperidine rings is 1. The topological polar surface area (TPSA) is 50.8 Å². The molecule has 2 aliphatic rings.